The fourth-order valence-corrected chi connectivity index (χ4v) is 1.49. The van der Waals surface area contributed by atoms with Crippen molar-refractivity contribution < 1.29 is 13.6 Å². The minimum absolute atomic E-state index is 0.0563. The fraction of sp³-hybridized carbons (Fsp3) is 0.167. The Kier molecular flexibility index (Phi) is 3.10. The maximum atomic E-state index is 12.9. The van der Waals surface area contributed by atoms with Gasteiger partial charge in [0.1, 0.15) is 11.6 Å². The van der Waals surface area contributed by atoms with Crippen LogP contribution in [0.2, 0.25) is 0 Å². The lowest BCUT2D eigenvalue weighted by atomic mass is 10.3. The molecule has 0 saturated heterocycles. The monoisotopic (exact) mass is 251 g/mol. The van der Waals surface area contributed by atoms with Crippen LogP contribution in [-0.2, 0) is 7.05 Å². The zero-order chi connectivity index (χ0) is 13.3. The molecule has 1 aromatic carbocycles. The molecular weight excluding hydrogens is 240 g/mol. The predicted molar refractivity (Wildman–Crippen MR) is 62.3 cm³/mol. The van der Waals surface area contributed by atoms with Gasteiger partial charge in [0.25, 0.3) is 5.91 Å². The van der Waals surface area contributed by atoms with Crippen molar-refractivity contribution >= 4 is 11.6 Å². The van der Waals surface area contributed by atoms with Crippen LogP contribution < -0.4 is 5.32 Å². The van der Waals surface area contributed by atoms with E-state index >= 15 is 0 Å². The van der Waals surface area contributed by atoms with E-state index in [-0.39, 0.29) is 11.4 Å². The van der Waals surface area contributed by atoms with Crippen molar-refractivity contribution in [1.29, 1.82) is 0 Å². The van der Waals surface area contributed by atoms with Gasteiger partial charge in [-0.05, 0) is 25.1 Å². The molecule has 18 heavy (non-hydrogen) atoms. The maximum Gasteiger partial charge on any atom is 0.276 e. The van der Waals surface area contributed by atoms with Crippen molar-refractivity contribution in [2.45, 2.75) is 6.92 Å². The number of hydrogen-bond donors (Lipinski definition) is 1. The summed E-state index contributed by atoms with van der Waals surface area (Å²) in [6.07, 6.45) is 0. The molecule has 0 unspecified atom stereocenters. The summed E-state index contributed by atoms with van der Waals surface area (Å²) in [6.45, 7) is 1.80. The van der Waals surface area contributed by atoms with Gasteiger partial charge in [-0.1, -0.05) is 0 Å². The molecule has 0 aliphatic heterocycles. The van der Waals surface area contributed by atoms with Crippen LogP contribution in [0.15, 0.2) is 24.3 Å². The molecule has 6 heteroatoms. The van der Waals surface area contributed by atoms with Crippen LogP contribution in [0, 0.1) is 18.6 Å². The number of nitrogens with one attached hydrogen (secondary N) is 1. The zero-order valence-electron chi connectivity index (χ0n) is 9.87. The number of aromatic nitrogens is 2. The molecule has 2 rings (SSSR count). The number of anilines is 1. The summed E-state index contributed by atoms with van der Waals surface area (Å²) in [7, 11) is 1.70. The van der Waals surface area contributed by atoms with Crippen molar-refractivity contribution in [3.63, 3.8) is 0 Å². The van der Waals surface area contributed by atoms with E-state index in [0.717, 1.165) is 23.9 Å². The molecule has 1 aromatic heterocycles. The van der Waals surface area contributed by atoms with Gasteiger partial charge in [0.05, 0.1) is 0 Å². The highest BCUT2D eigenvalue weighted by molar-refractivity contribution is 6.02. The van der Waals surface area contributed by atoms with Crippen LogP contribution in [0.4, 0.5) is 14.5 Å². The third-order valence-corrected chi connectivity index (χ3v) is 2.47. The van der Waals surface area contributed by atoms with E-state index in [1.54, 1.807) is 24.7 Å². The van der Waals surface area contributed by atoms with Crippen molar-refractivity contribution in [3.8, 4) is 0 Å². The second-order valence-corrected chi connectivity index (χ2v) is 3.91. The summed E-state index contributed by atoms with van der Waals surface area (Å²) in [5.41, 5.74) is 1.06. The molecule has 0 aliphatic rings. The average Bonchev–Trinajstić information content (AvgIpc) is 2.57. The Balaban J connectivity index is 2.21. The molecule has 0 fully saturated rings. The summed E-state index contributed by atoms with van der Waals surface area (Å²) in [5, 5.41) is 6.35. The molecule has 1 amide bonds. The largest absolute Gasteiger partial charge is 0.320 e. The zero-order valence-corrected chi connectivity index (χ0v) is 9.87. The van der Waals surface area contributed by atoms with E-state index < -0.39 is 17.5 Å². The molecule has 1 heterocycles. The van der Waals surface area contributed by atoms with Crippen LogP contribution in [0.1, 0.15) is 16.2 Å². The number of carbonyl (C=O) groups excluding carboxylic acids is 1. The number of rotatable bonds is 2. The SMILES string of the molecule is Cc1cc(C(=O)Nc2cc(F)cc(F)c2)nn1C. The Bertz CT molecular complexity index is 568. The lowest BCUT2D eigenvalue weighted by Gasteiger charge is -2.03. The average molecular weight is 251 g/mol. The molecule has 2 aromatic rings. The van der Waals surface area contributed by atoms with Crippen molar-refractivity contribution in [3.05, 3.63) is 47.3 Å². The van der Waals surface area contributed by atoms with E-state index in [4.69, 9.17) is 0 Å². The first-order valence-electron chi connectivity index (χ1n) is 5.24. The van der Waals surface area contributed by atoms with E-state index in [0.29, 0.717) is 0 Å². The van der Waals surface area contributed by atoms with Gasteiger partial charge in [-0.2, -0.15) is 5.10 Å². The maximum absolute atomic E-state index is 12.9. The first-order valence-corrected chi connectivity index (χ1v) is 5.24. The highest BCUT2D eigenvalue weighted by Gasteiger charge is 2.12. The number of amides is 1. The summed E-state index contributed by atoms with van der Waals surface area (Å²) in [4.78, 5) is 11.8. The molecule has 0 spiro atoms. The molecule has 0 radical (unpaired) electrons. The third kappa shape index (κ3) is 2.53. The topological polar surface area (TPSA) is 46.9 Å². The van der Waals surface area contributed by atoms with Gasteiger partial charge in [0.15, 0.2) is 5.69 Å². The molecule has 4 nitrogen and oxygen atoms in total. The normalized spacial score (nSPS) is 10.4. The van der Waals surface area contributed by atoms with Crippen LogP contribution in [-0.4, -0.2) is 15.7 Å². The molecule has 1 N–H and O–H groups in total. The van der Waals surface area contributed by atoms with E-state index in [1.807, 2.05) is 0 Å². The fourth-order valence-electron chi connectivity index (χ4n) is 1.49. The minimum Gasteiger partial charge on any atom is -0.320 e. The second-order valence-electron chi connectivity index (χ2n) is 3.91. The Labute approximate surface area is 102 Å². The van der Waals surface area contributed by atoms with Gasteiger partial charge >= 0.3 is 0 Å². The standard InChI is InChI=1S/C12H11F2N3O/c1-7-3-11(16-17(7)2)12(18)15-10-5-8(13)4-9(14)6-10/h3-6H,1-2H3,(H,15,18). The number of nitrogens with zero attached hydrogens (tertiary/aromatic N) is 2. The Morgan fingerprint density at radius 1 is 1.22 bits per heavy atom. The van der Waals surface area contributed by atoms with Crippen molar-refractivity contribution in [2.75, 3.05) is 5.32 Å². The first kappa shape index (κ1) is 12.2. The van der Waals surface area contributed by atoms with Crippen LogP contribution in [0.3, 0.4) is 0 Å². The number of carbonyl (C=O) groups is 1. The second kappa shape index (κ2) is 4.56. The number of halogens is 2. The third-order valence-electron chi connectivity index (χ3n) is 2.47. The number of hydrogen-bond acceptors (Lipinski definition) is 2. The van der Waals surface area contributed by atoms with Crippen molar-refractivity contribution in [2.24, 2.45) is 7.05 Å². The van der Waals surface area contributed by atoms with E-state index in [2.05, 4.69) is 10.4 Å². The summed E-state index contributed by atoms with van der Waals surface area (Å²) in [5.74, 6) is -2.01. The Morgan fingerprint density at radius 2 is 1.83 bits per heavy atom. The highest BCUT2D eigenvalue weighted by atomic mass is 19.1. The quantitative estimate of drug-likeness (QED) is 0.889. The predicted octanol–water partition coefficient (Wildman–Crippen LogP) is 2.26. The van der Waals surface area contributed by atoms with Gasteiger partial charge < -0.3 is 5.32 Å². The molecule has 0 atom stereocenters. The smallest absolute Gasteiger partial charge is 0.276 e. The first-order chi connectivity index (χ1) is 8.45. The molecule has 0 saturated carbocycles. The summed E-state index contributed by atoms with van der Waals surface area (Å²) in [6, 6.07) is 4.40. The number of aryl methyl sites for hydroxylation is 2. The van der Waals surface area contributed by atoms with Gasteiger partial charge in [0.2, 0.25) is 0 Å². The summed E-state index contributed by atoms with van der Waals surface area (Å²) >= 11 is 0. The molecule has 94 valence electrons. The molecular formula is C12H11F2N3O. The van der Waals surface area contributed by atoms with Crippen LogP contribution in [0.5, 0.6) is 0 Å². The highest BCUT2D eigenvalue weighted by Crippen LogP contribution is 2.14. The van der Waals surface area contributed by atoms with E-state index in [1.165, 1.54) is 0 Å². The minimum atomic E-state index is -0.748. The lowest BCUT2D eigenvalue weighted by Crippen LogP contribution is -2.13. The van der Waals surface area contributed by atoms with Crippen LogP contribution in [0.25, 0.3) is 0 Å². The van der Waals surface area contributed by atoms with E-state index in [9.17, 15) is 13.6 Å². The Hall–Kier alpha value is -2.24. The van der Waals surface area contributed by atoms with Gasteiger partial charge in [-0.3, -0.25) is 9.48 Å². The lowest BCUT2D eigenvalue weighted by molar-refractivity contribution is 0.102. The Morgan fingerprint density at radius 3 is 2.33 bits per heavy atom. The van der Waals surface area contributed by atoms with Crippen LogP contribution >= 0.6 is 0 Å². The molecule has 0 bridgehead atoms. The van der Waals surface area contributed by atoms with Crippen molar-refractivity contribution in [1.82, 2.24) is 9.78 Å². The number of benzene rings is 1. The molecule has 0 aliphatic carbocycles. The summed E-state index contributed by atoms with van der Waals surface area (Å²) < 4.78 is 27.4. The van der Waals surface area contributed by atoms with Gasteiger partial charge in [-0.15, -0.1) is 0 Å². The van der Waals surface area contributed by atoms with Gasteiger partial charge in [0, 0.05) is 24.5 Å². The van der Waals surface area contributed by atoms with Gasteiger partial charge in [-0.25, -0.2) is 8.78 Å².